The molecule has 0 amide bonds. The second kappa shape index (κ2) is 5.85. The predicted octanol–water partition coefficient (Wildman–Crippen LogP) is 2.02. The van der Waals surface area contributed by atoms with E-state index in [1.165, 1.54) is 4.68 Å². The van der Waals surface area contributed by atoms with Crippen LogP contribution in [0.3, 0.4) is 0 Å². The highest BCUT2D eigenvalue weighted by Crippen LogP contribution is 2.35. The van der Waals surface area contributed by atoms with Gasteiger partial charge in [0, 0.05) is 18.7 Å². The van der Waals surface area contributed by atoms with E-state index in [2.05, 4.69) is 5.10 Å². The van der Waals surface area contributed by atoms with E-state index in [-0.39, 0.29) is 23.8 Å². The van der Waals surface area contributed by atoms with E-state index in [0.717, 1.165) is 11.8 Å². The minimum atomic E-state index is -0.920. The van der Waals surface area contributed by atoms with E-state index < -0.39 is 10.9 Å². The van der Waals surface area contributed by atoms with Crippen LogP contribution in [0.2, 0.25) is 0 Å². The number of nitro groups is 1. The Morgan fingerprint density at radius 1 is 1.61 bits per heavy atom. The molecule has 0 aliphatic heterocycles. The normalized spacial score (nSPS) is 10.9. The largest absolute Gasteiger partial charge is 0.481 e. The first-order valence-electron chi connectivity index (χ1n) is 5.40. The molecule has 0 saturated carbocycles. The van der Waals surface area contributed by atoms with Crippen molar-refractivity contribution in [2.45, 2.75) is 31.2 Å². The molecular formula is C10H15N3O4S. The summed E-state index contributed by atoms with van der Waals surface area (Å²) in [6, 6.07) is 0. The van der Waals surface area contributed by atoms with Crippen molar-refractivity contribution in [2.24, 2.45) is 7.05 Å². The SMILES string of the molecule is CC(C)c1nn(C)c(SCCC(=O)O)c1[N+](=O)[O-]. The summed E-state index contributed by atoms with van der Waals surface area (Å²) in [4.78, 5) is 21.1. The average Bonchev–Trinajstić information content (AvgIpc) is 2.56. The van der Waals surface area contributed by atoms with Gasteiger partial charge in [-0.2, -0.15) is 5.10 Å². The van der Waals surface area contributed by atoms with Gasteiger partial charge in [-0.05, 0) is 0 Å². The fourth-order valence-electron chi connectivity index (χ4n) is 1.47. The van der Waals surface area contributed by atoms with Crippen LogP contribution in [0.1, 0.15) is 31.9 Å². The highest BCUT2D eigenvalue weighted by Gasteiger charge is 2.28. The van der Waals surface area contributed by atoms with Crippen molar-refractivity contribution in [1.29, 1.82) is 0 Å². The summed E-state index contributed by atoms with van der Waals surface area (Å²) in [7, 11) is 1.63. The van der Waals surface area contributed by atoms with E-state index in [0.29, 0.717) is 10.7 Å². The molecular weight excluding hydrogens is 258 g/mol. The van der Waals surface area contributed by atoms with Crippen molar-refractivity contribution in [3.63, 3.8) is 0 Å². The molecule has 0 bridgehead atoms. The van der Waals surface area contributed by atoms with Crippen LogP contribution in [-0.2, 0) is 11.8 Å². The fourth-order valence-corrected chi connectivity index (χ4v) is 2.49. The van der Waals surface area contributed by atoms with E-state index >= 15 is 0 Å². The number of hydrogen-bond acceptors (Lipinski definition) is 5. The molecule has 0 aliphatic carbocycles. The fraction of sp³-hybridized carbons (Fsp3) is 0.600. The second-order valence-electron chi connectivity index (χ2n) is 4.07. The van der Waals surface area contributed by atoms with Gasteiger partial charge in [0.1, 0.15) is 5.69 Å². The Bertz CT molecular complexity index is 470. The summed E-state index contributed by atoms with van der Waals surface area (Å²) in [5, 5.41) is 24.2. The summed E-state index contributed by atoms with van der Waals surface area (Å²) < 4.78 is 1.44. The van der Waals surface area contributed by atoms with Crippen molar-refractivity contribution in [1.82, 2.24) is 9.78 Å². The first-order chi connectivity index (χ1) is 8.34. The minimum absolute atomic E-state index is 0.0112. The summed E-state index contributed by atoms with van der Waals surface area (Å²) >= 11 is 1.15. The zero-order valence-electron chi connectivity index (χ0n) is 10.4. The number of hydrogen-bond donors (Lipinski definition) is 1. The molecule has 8 heteroatoms. The number of rotatable bonds is 6. The minimum Gasteiger partial charge on any atom is -0.481 e. The van der Waals surface area contributed by atoms with Gasteiger partial charge in [0.05, 0.1) is 11.3 Å². The molecule has 0 atom stereocenters. The quantitative estimate of drug-likeness (QED) is 0.483. The molecule has 0 aliphatic rings. The van der Waals surface area contributed by atoms with Gasteiger partial charge in [0.2, 0.25) is 0 Å². The number of aryl methyl sites for hydroxylation is 1. The average molecular weight is 273 g/mol. The second-order valence-corrected chi connectivity index (χ2v) is 5.15. The molecule has 1 N–H and O–H groups in total. The molecule has 1 aromatic rings. The number of carboxylic acid groups (broad SMARTS) is 1. The molecule has 0 unspecified atom stereocenters. The Morgan fingerprint density at radius 2 is 2.22 bits per heavy atom. The van der Waals surface area contributed by atoms with Crippen molar-refractivity contribution in [2.75, 3.05) is 5.75 Å². The summed E-state index contributed by atoms with van der Waals surface area (Å²) in [5.74, 6) is -0.686. The van der Waals surface area contributed by atoms with Gasteiger partial charge in [0.25, 0.3) is 0 Å². The monoisotopic (exact) mass is 273 g/mol. The lowest BCUT2D eigenvalue weighted by Crippen LogP contribution is -1.99. The number of carboxylic acids is 1. The zero-order chi connectivity index (χ0) is 13.9. The highest BCUT2D eigenvalue weighted by atomic mass is 32.2. The van der Waals surface area contributed by atoms with Crippen molar-refractivity contribution >= 4 is 23.4 Å². The zero-order valence-corrected chi connectivity index (χ0v) is 11.2. The Kier molecular flexibility index (Phi) is 4.71. The van der Waals surface area contributed by atoms with Crippen LogP contribution in [0.25, 0.3) is 0 Å². The maximum absolute atomic E-state index is 11.1. The van der Waals surface area contributed by atoms with Gasteiger partial charge >= 0.3 is 11.7 Å². The van der Waals surface area contributed by atoms with E-state index in [1.807, 2.05) is 13.8 Å². The van der Waals surface area contributed by atoms with E-state index in [1.54, 1.807) is 7.05 Å². The van der Waals surface area contributed by atoms with Gasteiger partial charge in [-0.25, -0.2) is 0 Å². The molecule has 1 rings (SSSR count). The Labute approximate surface area is 108 Å². The standard InChI is InChI=1S/C10H15N3O4S/c1-6(2)8-9(13(16)17)10(12(3)11-8)18-5-4-7(14)15/h6H,4-5H2,1-3H3,(H,14,15). The van der Waals surface area contributed by atoms with Crippen LogP contribution < -0.4 is 0 Å². The van der Waals surface area contributed by atoms with E-state index in [4.69, 9.17) is 5.11 Å². The molecule has 100 valence electrons. The van der Waals surface area contributed by atoms with Crippen LogP contribution in [0, 0.1) is 10.1 Å². The molecule has 0 aromatic carbocycles. The van der Waals surface area contributed by atoms with Gasteiger partial charge in [0.15, 0.2) is 5.03 Å². The molecule has 0 saturated heterocycles. The third-order valence-electron chi connectivity index (χ3n) is 2.28. The molecule has 0 spiro atoms. The Morgan fingerprint density at radius 3 is 2.67 bits per heavy atom. The Hall–Kier alpha value is -1.57. The molecule has 0 radical (unpaired) electrons. The number of carbonyl (C=O) groups is 1. The Balaban J connectivity index is 3.02. The van der Waals surface area contributed by atoms with Gasteiger partial charge in [-0.15, -0.1) is 0 Å². The number of aliphatic carboxylic acids is 1. The maximum atomic E-state index is 11.1. The van der Waals surface area contributed by atoms with Gasteiger partial charge < -0.3 is 5.11 Å². The first kappa shape index (κ1) is 14.5. The third kappa shape index (κ3) is 3.22. The third-order valence-corrected chi connectivity index (χ3v) is 3.42. The molecule has 1 aromatic heterocycles. The lowest BCUT2D eigenvalue weighted by Gasteiger charge is -2.00. The van der Waals surface area contributed by atoms with Gasteiger partial charge in [-0.3, -0.25) is 19.6 Å². The summed E-state index contributed by atoms with van der Waals surface area (Å²) in [6.45, 7) is 3.67. The number of thioether (sulfide) groups is 1. The van der Waals surface area contributed by atoms with Gasteiger partial charge in [-0.1, -0.05) is 25.6 Å². The number of aromatic nitrogens is 2. The smallest absolute Gasteiger partial charge is 0.324 e. The van der Waals surface area contributed by atoms with Crippen LogP contribution in [0.4, 0.5) is 5.69 Å². The molecule has 0 fully saturated rings. The molecule has 1 heterocycles. The van der Waals surface area contributed by atoms with E-state index in [9.17, 15) is 14.9 Å². The first-order valence-corrected chi connectivity index (χ1v) is 6.39. The summed E-state index contributed by atoms with van der Waals surface area (Å²) in [6.07, 6.45) is -0.0377. The van der Waals surface area contributed by atoms with Crippen molar-refractivity contribution in [3.05, 3.63) is 15.8 Å². The molecule has 7 nitrogen and oxygen atoms in total. The maximum Gasteiger partial charge on any atom is 0.324 e. The highest BCUT2D eigenvalue weighted by molar-refractivity contribution is 7.99. The lowest BCUT2D eigenvalue weighted by molar-refractivity contribution is -0.388. The van der Waals surface area contributed by atoms with Crippen LogP contribution in [-0.4, -0.2) is 31.5 Å². The van der Waals surface area contributed by atoms with Crippen LogP contribution >= 0.6 is 11.8 Å². The van der Waals surface area contributed by atoms with Crippen LogP contribution in [0.15, 0.2) is 5.03 Å². The summed E-state index contributed by atoms with van der Waals surface area (Å²) in [5.41, 5.74) is 0.420. The lowest BCUT2D eigenvalue weighted by atomic mass is 10.1. The van der Waals surface area contributed by atoms with Crippen LogP contribution in [0.5, 0.6) is 0 Å². The van der Waals surface area contributed by atoms with Crippen molar-refractivity contribution < 1.29 is 14.8 Å². The topological polar surface area (TPSA) is 98.3 Å². The molecule has 18 heavy (non-hydrogen) atoms. The number of nitrogens with zero attached hydrogens (tertiary/aromatic N) is 3. The van der Waals surface area contributed by atoms with Crippen molar-refractivity contribution in [3.8, 4) is 0 Å². The predicted molar refractivity (Wildman–Crippen MR) is 66.9 cm³/mol.